The van der Waals surface area contributed by atoms with Crippen LogP contribution in [0.2, 0.25) is 0 Å². The van der Waals surface area contributed by atoms with E-state index in [-0.39, 0.29) is 11.7 Å². The molecule has 0 bridgehead atoms. The number of hydrogen-bond acceptors (Lipinski definition) is 2. The van der Waals surface area contributed by atoms with Gasteiger partial charge in [-0.2, -0.15) is 0 Å². The monoisotopic (exact) mass is 366 g/mol. The SMILES string of the molecule is CC(=O)c1cc(-c2ccccc2)n(CCC(=O)N2C[C@H](C)C[C@@H](C)C2)c1C. The number of rotatable bonds is 5. The van der Waals surface area contributed by atoms with Crippen LogP contribution in [0.25, 0.3) is 11.3 Å². The molecule has 1 aliphatic rings. The number of amides is 1. The summed E-state index contributed by atoms with van der Waals surface area (Å²) >= 11 is 0. The van der Waals surface area contributed by atoms with Crippen molar-refractivity contribution in [2.75, 3.05) is 13.1 Å². The maximum atomic E-state index is 12.8. The zero-order valence-corrected chi connectivity index (χ0v) is 16.9. The van der Waals surface area contributed by atoms with Crippen LogP contribution in [0, 0.1) is 18.8 Å². The molecule has 1 fully saturated rings. The summed E-state index contributed by atoms with van der Waals surface area (Å²) in [7, 11) is 0. The molecule has 3 rings (SSSR count). The highest BCUT2D eigenvalue weighted by molar-refractivity contribution is 5.96. The highest BCUT2D eigenvalue weighted by Crippen LogP contribution is 2.27. The Bertz CT molecular complexity index is 812. The average molecular weight is 367 g/mol. The summed E-state index contributed by atoms with van der Waals surface area (Å²) in [6.45, 7) is 10.3. The molecule has 144 valence electrons. The van der Waals surface area contributed by atoms with Gasteiger partial charge in [0.25, 0.3) is 0 Å². The minimum Gasteiger partial charge on any atom is -0.344 e. The smallest absolute Gasteiger partial charge is 0.224 e. The number of aromatic nitrogens is 1. The van der Waals surface area contributed by atoms with Gasteiger partial charge in [0.05, 0.1) is 0 Å². The van der Waals surface area contributed by atoms with Gasteiger partial charge in [-0.15, -0.1) is 0 Å². The maximum Gasteiger partial charge on any atom is 0.224 e. The summed E-state index contributed by atoms with van der Waals surface area (Å²) in [6, 6.07) is 12.0. The first-order valence-corrected chi connectivity index (χ1v) is 9.91. The average Bonchev–Trinajstić information content (AvgIpc) is 2.96. The Morgan fingerprint density at radius 2 is 1.70 bits per heavy atom. The molecule has 2 heterocycles. The predicted octanol–water partition coefficient (Wildman–Crippen LogP) is 4.56. The van der Waals surface area contributed by atoms with Gasteiger partial charge in [-0.3, -0.25) is 9.59 Å². The van der Waals surface area contributed by atoms with Crippen LogP contribution < -0.4 is 0 Å². The normalized spacial score (nSPS) is 19.9. The van der Waals surface area contributed by atoms with Crippen molar-refractivity contribution in [2.24, 2.45) is 11.8 Å². The number of carbonyl (C=O) groups excluding carboxylic acids is 2. The van der Waals surface area contributed by atoms with Crippen LogP contribution in [-0.2, 0) is 11.3 Å². The molecule has 0 aliphatic carbocycles. The van der Waals surface area contributed by atoms with Crippen molar-refractivity contribution < 1.29 is 9.59 Å². The third-order valence-corrected chi connectivity index (χ3v) is 5.59. The largest absolute Gasteiger partial charge is 0.344 e. The van der Waals surface area contributed by atoms with Crippen molar-refractivity contribution in [1.82, 2.24) is 9.47 Å². The quantitative estimate of drug-likeness (QED) is 0.728. The van der Waals surface area contributed by atoms with Gasteiger partial charge < -0.3 is 9.47 Å². The number of benzene rings is 1. The first-order chi connectivity index (χ1) is 12.9. The molecular formula is C23H30N2O2. The van der Waals surface area contributed by atoms with Crippen molar-refractivity contribution in [3.05, 3.63) is 47.7 Å². The van der Waals surface area contributed by atoms with Gasteiger partial charge in [-0.05, 0) is 43.7 Å². The lowest BCUT2D eigenvalue weighted by Crippen LogP contribution is -2.42. The number of ketones is 1. The predicted molar refractivity (Wildman–Crippen MR) is 109 cm³/mol. The molecule has 27 heavy (non-hydrogen) atoms. The Balaban J connectivity index is 1.81. The summed E-state index contributed by atoms with van der Waals surface area (Å²) in [5.74, 6) is 1.41. The van der Waals surface area contributed by atoms with Crippen molar-refractivity contribution in [1.29, 1.82) is 0 Å². The van der Waals surface area contributed by atoms with E-state index in [0.717, 1.165) is 35.6 Å². The fourth-order valence-electron chi connectivity index (χ4n) is 4.37. The third-order valence-electron chi connectivity index (χ3n) is 5.59. The molecule has 0 radical (unpaired) electrons. The van der Waals surface area contributed by atoms with Crippen molar-refractivity contribution in [2.45, 2.75) is 47.1 Å². The Morgan fingerprint density at radius 3 is 2.30 bits per heavy atom. The minimum absolute atomic E-state index is 0.0634. The second kappa shape index (κ2) is 8.12. The molecular weight excluding hydrogens is 336 g/mol. The fraction of sp³-hybridized carbons (Fsp3) is 0.478. The van der Waals surface area contributed by atoms with Gasteiger partial charge in [-0.1, -0.05) is 44.2 Å². The minimum atomic E-state index is 0.0634. The molecule has 2 aromatic rings. The van der Waals surface area contributed by atoms with Crippen LogP contribution in [-0.4, -0.2) is 34.2 Å². The molecule has 0 saturated carbocycles. The number of piperidine rings is 1. The van der Waals surface area contributed by atoms with Gasteiger partial charge in [0, 0.05) is 43.0 Å². The first-order valence-electron chi connectivity index (χ1n) is 9.91. The lowest BCUT2D eigenvalue weighted by atomic mass is 9.92. The van der Waals surface area contributed by atoms with Crippen LogP contribution in [0.5, 0.6) is 0 Å². The van der Waals surface area contributed by atoms with E-state index in [1.807, 2.05) is 48.2 Å². The lowest BCUT2D eigenvalue weighted by molar-refractivity contribution is -0.134. The molecule has 0 spiro atoms. The van der Waals surface area contributed by atoms with Crippen LogP contribution in [0.1, 0.15) is 49.7 Å². The summed E-state index contributed by atoms with van der Waals surface area (Å²) in [5, 5.41) is 0. The van der Waals surface area contributed by atoms with E-state index in [4.69, 9.17) is 0 Å². The van der Waals surface area contributed by atoms with Gasteiger partial charge in [-0.25, -0.2) is 0 Å². The second-order valence-electron chi connectivity index (χ2n) is 8.10. The molecule has 1 saturated heterocycles. The maximum absolute atomic E-state index is 12.8. The Labute approximate surface area is 162 Å². The number of Topliss-reactive ketones (excluding diaryl/α,β-unsaturated/α-hetero) is 1. The van der Waals surface area contributed by atoms with E-state index in [2.05, 4.69) is 18.4 Å². The van der Waals surface area contributed by atoms with Crippen LogP contribution >= 0.6 is 0 Å². The van der Waals surface area contributed by atoms with Crippen LogP contribution in [0.3, 0.4) is 0 Å². The van der Waals surface area contributed by atoms with Gasteiger partial charge >= 0.3 is 0 Å². The molecule has 2 atom stereocenters. The number of likely N-dealkylation sites (tertiary alicyclic amines) is 1. The Morgan fingerprint density at radius 1 is 1.07 bits per heavy atom. The van der Waals surface area contributed by atoms with Crippen LogP contribution in [0.4, 0.5) is 0 Å². The number of hydrogen-bond donors (Lipinski definition) is 0. The van der Waals surface area contributed by atoms with E-state index in [9.17, 15) is 9.59 Å². The van der Waals surface area contributed by atoms with E-state index >= 15 is 0 Å². The van der Waals surface area contributed by atoms with Crippen molar-refractivity contribution >= 4 is 11.7 Å². The van der Waals surface area contributed by atoms with Gasteiger partial charge in [0.2, 0.25) is 5.91 Å². The van der Waals surface area contributed by atoms with Crippen molar-refractivity contribution in [3.8, 4) is 11.3 Å². The zero-order valence-electron chi connectivity index (χ0n) is 16.9. The Kier molecular flexibility index (Phi) is 5.83. The van der Waals surface area contributed by atoms with Gasteiger partial charge in [0.1, 0.15) is 0 Å². The molecule has 4 nitrogen and oxygen atoms in total. The molecule has 1 aromatic heterocycles. The van der Waals surface area contributed by atoms with Crippen molar-refractivity contribution in [3.63, 3.8) is 0 Å². The summed E-state index contributed by atoms with van der Waals surface area (Å²) in [5.41, 5.74) is 3.75. The molecule has 4 heteroatoms. The van der Waals surface area contributed by atoms with Crippen LogP contribution in [0.15, 0.2) is 36.4 Å². The van der Waals surface area contributed by atoms with E-state index in [1.54, 1.807) is 6.92 Å². The fourth-order valence-corrected chi connectivity index (χ4v) is 4.37. The summed E-state index contributed by atoms with van der Waals surface area (Å²) < 4.78 is 2.13. The molecule has 1 amide bonds. The number of nitrogens with zero attached hydrogens (tertiary/aromatic N) is 2. The molecule has 0 N–H and O–H groups in total. The van der Waals surface area contributed by atoms with E-state index < -0.39 is 0 Å². The molecule has 0 unspecified atom stereocenters. The second-order valence-corrected chi connectivity index (χ2v) is 8.10. The summed E-state index contributed by atoms with van der Waals surface area (Å²) in [6.07, 6.45) is 1.66. The highest BCUT2D eigenvalue weighted by atomic mass is 16.2. The molecule has 1 aromatic carbocycles. The number of carbonyl (C=O) groups is 2. The zero-order chi connectivity index (χ0) is 19.6. The third kappa shape index (κ3) is 4.32. The topological polar surface area (TPSA) is 42.3 Å². The Hall–Kier alpha value is -2.36. The first kappa shape index (κ1) is 19.4. The lowest BCUT2D eigenvalue weighted by Gasteiger charge is -2.35. The summed E-state index contributed by atoms with van der Waals surface area (Å²) in [4.78, 5) is 26.9. The van der Waals surface area contributed by atoms with E-state index in [0.29, 0.717) is 24.8 Å². The molecule has 1 aliphatic heterocycles. The van der Waals surface area contributed by atoms with E-state index in [1.165, 1.54) is 6.42 Å². The highest BCUT2D eigenvalue weighted by Gasteiger charge is 2.25. The standard InChI is InChI=1S/C23H30N2O2/c1-16-12-17(2)15-24(14-16)23(27)10-11-25-18(3)21(19(4)26)13-22(25)20-8-6-5-7-9-20/h5-9,13,16-17H,10-12,14-15H2,1-4H3/t16-,17-/m1/s1. The van der Waals surface area contributed by atoms with Gasteiger partial charge in [0.15, 0.2) is 5.78 Å².